The molecule has 0 spiro atoms. The highest BCUT2D eigenvalue weighted by Gasteiger charge is 2.32. The van der Waals surface area contributed by atoms with E-state index in [1.54, 1.807) is 7.11 Å². The minimum atomic E-state index is -0.206. The van der Waals surface area contributed by atoms with Crippen molar-refractivity contribution < 1.29 is 9.47 Å². The van der Waals surface area contributed by atoms with Crippen molar-refractivity contribution >= 4 is 29.9 Å². The Kier molecular flexibility index (Phi) is 8.74. The molecule has 1 atom stereocenters. The number of aromatic nitrogens is 3. The Labute approximate surface area is 178 Å². The fraction of sp³-hybridized carbons (Fsp3) is 0.833. The quantitative estimate of drug-likeness (QED) is 0.356. The lowest BCUT2D eigenvalue weighted by Crippen LogP contribution is -2.48. The normalized spacial score (nSPS) is 21.9. The summed E-state index contributed by atoms with van der Waals surface area (Å²) in [6.45, 7) is 7.96. The number of aliphatic imine (C=N–C) groups is 1. The van der Waals surface area contributed by atoms with Crippen LogP contribution >= 0.6 is 24.0 Å². The highest BCUT2D eigenvalue weighted by Crippen LogP contribution is 2.24. The van der Waals surface area contributed by atoms with E-state index in [9.17, 15) is 0 Å². The molecule has 1 aromatic rings. The van der Waals surface area contributed by atoms with E-state index < -0.39 is 0 Å². The van der Waals surface area contributed by atoms with Crippen LogP contribution in [0.4, 0.5) is 0 Å². The first-order valence-electron chi connectivity index (χ1n) is 9.78. The van der Waals surface area contributed by atoms with Crippen molar-refractivity contribution in [1.82, 2.24) is 25.4 Å². The number of aryl methyl sites for hydroxylation is 2. The number of guanidine groups is 1. The smallest absolute Gasteiger partial charge is 0.191 e. The lowest BCUT2D eigenvalue weighted by Gasteiger charge is -2.35. The number of ether oxygens (including phenoxy) is 2. The van der Waals surface area contributed by atoms with Gasteiger partial charge in [-0.05, 0) is 13.3 Å². The Morgan fingerprint density at radius 1 is 1.37 bits per heavy atom. The predicted molar refractivity (Wildman–Crippen MR) is 116 cm³/mol. The Hall–Kier alpha value is -0.940. The minimum Gasteiger partial charge on any atom is -0.381 e. The summed E-state index contributed by atoms with van der Waals surface area (Å²) in [5, 5.41) is 11.5. The monoisotopic (exact) mass is 492 g/mol. The van der Waals surface area contributed by atoms with Crippen LogP contribution in [0.25, 0.3) is 0 Å². The van der Waals surface area contributed by atoms with Crippen molar-refractivity contribution in [1.29, 1.82) is 0 Å². The van der Waals surface area contributed by atoms with E-state index >= 15 is 0 Å². The molecule has 2 N–H and O–H groups in total. The Balaban J connectivity index is 0.00000261. The van der Waals surface area contributed by atoms with E-state index in [0.717, 1.165) is 76.0 Å². The highest BCUT2D eigenvalue weighted by molar-refractivity contribution is 14.0. The van der Waals surface area contributed by atoms with Crippen LogP contribution in [0, 0.1) is 0 Å². The van der Waals surface area contributed by atoms with Crippen molar-refractivity contribution in [3.63, 3.8) is 0 Å². The van der Waals surface area contributed by atoms with Gasteiger partial charge in [0.05, 0.1) is 18.7 Å². The van der Waals surface area contributed by atoms with E-state index in [-0.39, 0.29) is 29.6 Å². The summed E-state index contributed by atoms with van der Waals surface area (Å²) in [5.74, 6) is 2.88. The van der Waals surface area contributed by atoms with Crippen molar-refractivity contribution in [3.8, 4) is 0 Å². The van der Waals surface area contributed by atoms with E-state index in [0.29, 0.717) is 12.6 Å². The van der Waals surface area contributed by atoms with Crippen LogP contribution in [0.1, 0.15) is 44.8 Å². The molecule has 1 unspecified atom stereocenters. The summed E-state index contributed by atoms with van der Waals surface area (Å²) in [6.07, 6.45) is 4.64. The highest BCUT2D eigenvalue weighted by atomic mass is 127. The van der Waals surface area contributed by atoms with Gasteiger partial charge >= 0.3 is 0 Å². The van der Waals surface area contributed by atoms with E-state index in [1.165, 1.54) is 0 Å². The van der Waals surface area contributed by atoms with Gasteiger partial charge in [0.1, 0.15) is 5.82 Å². The fourth-order valence-corrected chi connectivity index (χ4v) is 3.53. The van der Waals surface area contributed by atoms with Gasteiger partial charge in [0.25, 0.3) is 0 Å². The topological polar surface area (TPSA) is 85.6 Å². The average molecular weight is 492 g/mol. The number of nitrogens with zero attached hydrogens (tertiary/aromatic N) is 4. The average Bonchev–Trinajstić information content (AvgIpc) is 3.09. The maximum Gasteiger partial charge on any atom is 0.191 e. The van der Waals surface area contributed by atoms with Crippen LogP contribution in [-0.2, 0) is 28.9 Å². The number of hydrogen-bond donors (Lipinski definition) is 2. The third-order valence-corrected chi connectivity index (χ3v) is 5.27. The van der Waals surface area contributed by atoms with Gasteiger partial charge in [-0.25, -0.2) is 9.67 Å². The zero-order valence-corrected chi connectivity index (χ0v) is 19.0. The second-order valence-electron chi connectivity index (χ2n) is 7.05. The Bertz CT molecular complexity index is 615. The van der Waals surface area contributed by atoms with Crippen molar-refractivity contribution in [3.05, 3.63) is 11.6 Å². The summed E-state index contributed by atoms with van der Waals surface area (Å²) >= 11 is 0. The number of nitrogens with one attached hydrogen (secondary N) is 2. The van der Waals surface area contributed by atoms with Gasteiger partial charge in [0.15, 0.2) is 11.8 Å². The number of rotatable bonds is 6. The van der Waals surface area contributed by atoms with Crippen molar-refractivity contribution in [2.75, 3.05) is 33.4 Å². The summed E-state index contributed by atoms with van der Waals surface area (Å²) in [7, 11) is 1.78. The van der Waals surface area contributed by atoms with Gasteiger partial charge in [-0.2, -0.15) is 5.10 Å². The molecule has 27 heavy (non-hydrogen) atoms. The molecule has 0 amide bonds. The summed E-state index contributed by atoms with van der Waals surface area (Å²) in [6, 6.07) is 0.305. The lowest BCUT2D eigenvalue weighted by molar-refractivity contribution is -0.0828. The largest absolute Gasteiger partial charge is 0.381 e. The third-order valence-electron chi connectivity index (χ3n) is 5.27. The van der Waals surface area contributed by atoms with Crippen LogP contribution in [0.3, 0.4) is 0 Å². The second kappa shape index (κ2) is 10.6. The van der Waals surface area contributed by atoms with E-state index in [2.05, 4.69) is 34.6 Å². The fourth-order valence-electron chi connectivity index (χ4n) is 3.53. The summed E-state index contributed by atoms with van der Waals surface area (Å²) in [5.41, 5.74) is -0.206. The van der Waals surface area contributed by atoms with Crippen LogP contribution in [0.2, 0.25) is 0 Å². The molecule has 2 aliphatic rings. The number of halogens is 1. The Morgan fingerprint density at radius 2 is 2.15 bits per heavy atom. The van der Waals surface area contributed by atoms with Crippen LogP contribution < -0.4 is 10.6 Å². The third kappa shape index (κ3) is 5.77. The molecule has 0 aliphatic carbocycles. The van der Waals surface area contributed by atoms with Crippen LogP contribution in [0.15, 0.2) is 4.99 Å². The molecule has 0 aromatic carbocycles. The first kappa shape index (κ1) is 22.4. The summed E-state index contributed by atoms with van der Waals surface area (Å²) in [4.78, 5) is 9.41. The van der Waals surface area contributed by atoms with Crippen LogP contribution in [0.5, 0.6) is 0 Å². The van der Waals surface area contributed by atoms with Gasteiger partial charge in [0, 0.05) is 58.6 Å². The first-order chi connectivity index (χ1) is 12.7. The number of fused-ring (bicyclic) bond motifs is 1. The standard InChI is InChI=1S/C18H32N6O2.HI/c1-4-15-22-16-7-6-14(12-24(16)23-15)21-17(19-5-2)20-13-18(25-3)8-10-26-11-9-18;/h14H,4-13H2,1-3H3,(H2,19,20,21);1H. The molecule has 154 valence electrons. The molecule has 9 heteroatoms. The molecule has 3 heterocycles. The van der Waals surface area contributed by atoms with E-state index in [4.69, 9.17) is 14.5 Å². The number of hydrogen-bond acceptors (Lipinski definition) is 5. The Morgan fingerprint density at radius 3 is 2.81 bits per heavy atom. The molecule has 1 fully saturated rings. The van der Waals surface area contributed by atoms with E-state index in [1.807, 2.05) is 4.68 Å². The van der Waals surface area contributed by atoms with Gasteiger partial charge in [-0.3, -0.25) is 4.99 Å². The zero-order chi connectivity index (χ0) is 18.4. The lowest BCUT2D eigenvalue weighted by atomic mass is 9.94. The molecule has 1 saturated heterocycles. The van der Waals surface area contributed by atoms with Crippen LogP contribution in [-0.4, -0.2) is 65.8 Å². The van der Waals surface area contributed by atoms with Gasteiger partial charge in [-0.15, -0.1) is 24.0 Å². The van der Waals surface area contributed by atoms with Gasteiger partial charge in [0.2, 0.25) is 0 Å². The van der Waals surface area contributed by atoms with Gasteiger partial charge < -0.3 is 20.1 Å². The maximum absolute atomic E-state index is 5.79. The first-order valence-corrected chi connectivity index (χ1v) is 9.78. The molecular formula is C18H33IN6O2. The zero-order valence-electron chi connectivity index (χ0n) is 16.7. The molecule has 0 radical (unpaired) electrons. The molecule has 0 saturated carbocycles. The SMILES string of the molecule is CCNC(=NCC1(OC)CCOCC1)NC1CCc2nc(CC)nn2C1.I. The molecule has 2 aliphatic heterocycles. The second-order valence-corrected chi connectivity index (χ2v) is 7.05. The molecule has 0 bridgehead atoms. The van der Waals surface area contributed by atoms with Crippen molar-refractivity contribution in [2.24, 2.45) is 4.99 Å². The molecule has 8 nitrogen and oxygen atoms in total. The van der Waals surface area contributed by atoms with Gasteiger partial charge in [-0.1, -0.05) is 6.92 Å². The predicted octanol–water partition coefficient (Wildman–Crippen LogP) is 1.52. The summed E-state index contributed by atoms with van der Waals surface area (Å²) < 4.78 is 13.3. The number of methoxy groups -OCH3 is 1. The minimum absolute atomic E-state index is 0. The maximum atomic E-state index is 5.79. The molecule has 1 aromatic heterocycles. The molecular weight excluding hydrogens is 459 g/mol. The van der Waals surface area contributed by atoms with Crippen molar-refractivity contribution in [2.45, 2.75) is 64.1 Å². The molecule has 3 rings (SSSR count).